The van der Waals surface area contributed by atoms with E-state index in [1.54, 1.807) is 4.90 Å². The fourth-order valence-electron chi connectivity index (χ4n) is 4.64. The van der Waals surface area contributed by atoms with Gasteiger partial charge in [0.2, 0.25) is 0 Å². The molecule has 188 valence electrons. The van der Waals surface area contributed by atoms with Crippen LogP contribution in [0.5, 0.6) is 5.75 Å². The lowest BCUT2D eigenvalue weighted by Gasteiger charge is -2.36. The van der Waals surface area contributed by atoms with E-state index in [4.69, 9.17) is 4.74 Å². The van der Waals surface area contributed by atoms with Gasteiger partial charge in [0, 0.05) is 44.0 Å². The number of anilines is 1. The summed E-state index contributed by atoms with van der Waals surface area (Å²) in [7, 11) is 0. The van der Waals surface area contributed by atoms with Gasteiger partial charge in [0.25, 0.3) is 11.6 Å². The van der Waals surface area contributed by atoms with Crippen molar-refractivity contribution in [3.8, 4) is 5.75 Å². The maximum Gasteiger partial charge on any atom is 0.416 e. The Hall–Kier alpha value is -3.30. The Morgan fingerprint density at radius 2 is 1.57 bits per heavy atom. The zero-order valence-electron chi connectivity index (χ0n) is 19.3. The Morgan fingerprint density at radius 1 is 0.943 bits per heavy atom. The summed E-state index contributed by atoms with van der Waals surface area (Å²) < 4.78 is 44.7. The summed E-state index contributed by atoms with van der Waals surface area (Å²) in [5.74, 6) is 0.0158. The third-order valence-corrected chi connectivity index (χ3v) is 6.63. The van der Waals surface area contributed by atoms with Crippen molar-refractivity contribution < 1.29 is 27.6 Å². The molecule has 2 aromatic rings. The minimum Gasteiger partial charge on any atom is -0.490 e. The van der Waals surface area contributed by atoms with Crippen LogP contribution >= 0.6 is 0 Å². The van der Waals surface area contributed by atoms with Crippen LogP contribution in [0.15, 0.2) is 42.5 Å². The van der Waals surface area contributed by atoms with Gasteiger partial charge in [0.05, 0.1) is 22.2 Å². The van der Waals surface area contributed by atoms with Crippen molar-refractivity contribution in [1.82, 2.24) is 4.90 Å². The van der Waals surface area contributed by atoms with Gasteiger partial charge in [0.1, 0.15) is 5.75 Å². The second-order valence-corrected chi connectivity index (χ2v) is 8.99. The Kier molecular flexibility index (Phi) is 7.47. The number of nitrogens with zero attached hydrogens (tertiary/aromatic N) is 3. The molecule has 4 rings (SSSR count). The Bertz CT molecular complexity index is 1040. The largest absolute Gasteiger partial charge is 0.490 e. The lowest BCUT2D eigenvalue weighted by Crippen LogP contribution is -2.48. The van der Waals surface area contributed by atoms with Crippen molar-refractivity contribution in [3.05, 3.63) is 63.7 Å². The molecule has 2 aliphatic rings. The van der Waals surface area contributed by atoms with Gasteiger partial charge in [0.15, 0.2) is 0 Å². The average Bonchev–Trinajstić information content (AvgIpc) is 3.12. The lowest BCUT2D eigenvalue weighted by molar-refractivity contribution is -0.384. The number of amides is 1. The molecule has 35 heavy (non-hydrogen) atoms. The maximum atomic E-state index is 13.4. The van der Waals surface area contributed by atoms with E-state index in [0.717, 1.165) is 50.7 Å². The number of nitro groups is 1. The zero-order chi connectivity index (χ0) is 25.0. The normalized spacial score (nSPS) is 17.7. The topological polar surface area (TPSA) is 75.9 Å². The van der Waals surface area contributed by atoms with Crippen LogP contribution in [0.1, 0.15) is 54.4 Å². The minimum atomic E-state index is -4.39. The summed E-state index contributed by atoms with van der Waals surface area (Å²) in [4.78, 5) is 27.7. The predicted octanol–water partition coefficient (Wildman–Crippen LogP) is 5.68. The van der Waals surface area contributed by atoms with Gasteiger partial charge in [-0.15, -0.1) is 0 Å². The first-order valence-electron chi connectivity index (χ1n) is 11.9. The number of ether oxygens (including phenoxy) is 1. The van der Waals surface area contributed by atoms with Gasteiger partial charge in [-0.3, -0.25) is 14.9 Å². The average molecular weight is 492 g/mol. The van der Waals surface area contributed by atoms with Crippen LogP contribution in [0.2, 0.25) is 0 Å². The van der Waals surface area contributed by atoms with E-state index < -0.39 is 16.7 Å². The van der Waals surface area contributed by atoms with E-state index in [2.05, 4.69) is 0 Å². The summed E-state index contributed by atoms with van der Waals surface area (Å²) in [6.07, 6.45) is 1.75. The zero-order valence-corrected chi connectivity index (χ0v) is 19.3. The molecule has 0 unspecified atom stereocenters. The summed E-state index contributed by atoms with van der Waals surface area (Å²) in [6.45, 7) is 1.55. The Labute approximate surface area is 201 Å². The van der Waals surface area contributed by atoms with Crippen molar-refractivity contribution in [3.63, 3.8) is 0 Å². The molecule has 0 spiro atoms. The van der Waals surface area contributed by atoms with Crippen molar-refractivity contribution in [2.45, 2.75) is 50.8 Å². The lowest BCUT2D eigenvalue weighted by atomic mass is 10.1. The van der Waals surface area contributed by atoms with Gasteiger partial charge in [-0.2, -0.15) is 13.2 Å². The summed E-state index contributed by atoms with van der Waals surface area (Å²) in [5, 5.41) is 11.3. The second-order valence-electron chi connectivity index (χ2n) is 8.99. The molecule has 1 aliphatic carbocycles. The molecule has 0 atom stereocenters. The summed E-state index contributed by atoms with van der Waals surface area (Å²) in [5.41, 5.74) is -0.0591. The molecule has 7 nitrogen and oxygen atoms in total. The molecular formula is C25H28F3N3O4. The van der Waals surface area contributed by atoms with E-state index in [9.17, 15) is 28.1 Å². The summed E-state index contributed by atoms with van der Waals surface area (Å²) >= 11 is 0. The second kappa shape index (κ2) is 10.5. The fourth-order valence-corrected chi connectivity index (χ4v) is 4.64. The number of carbonyl (C=O) groups is 1. The fraction of sp³-hybridized carbons (Fsp3) is 0.480. The first-order chi connectivity index (χ1) is 16.7. The SMILES string of the molecule is O=C(c1cc([N+](=O)[O-])ccc1OC1CCCCCC1)N1CCN(c2ccc(C(F)(F)F)cc2)CC1. The number of rotatable bonds is 5. The number of hydrogen-bond donors (Lipinski definition) is 0. The molecule has 1 amide bonds. The number of non-ortho nitro benzene ring substituents is 1. The molecule has 1 saturated carbocycles. The monoisotopic (exact) mass is 491 g/mol. The van der Waals surface area contributed by atoms with Crippen molar-refractivity contribution in [2.75, 3.05) is 31.1 Å². The molecule has 0 aromatic heterocycles. The van der Waals surface area contributed by atoms with Crippen LogP contribution in [-0.4, -0.2) is 48.0 Å². The van der Waals surface area contributed by atoms with Gasteiger partial charge in [-0.1, -0.05) is 12.8 Å². The van der Waals surface area contributed by atoms with Crippen LogP contribution in [0.3, 0.4) is 0 Å². The maximum absolute atomic E-state index is 13.4. The van der Waals surface area contributed by atoms with Gasteiger partial charge in [-0.25, -0.2) is 0 Å². The molecule has 1 aliphatic heterocycles. The Morgan fingerprint density at radius 3 is 2.14 bits per heavy atom. The minimum absolute atomic E-state index is 0.0259. The van der Waals surface area contributed by atoms with Crippen molar-refractivity contribution >= 4 is 17.3 Å². The van der Waals surface area contributed by atoms with Crippen molar-refractivity contribution in [1.29, 1.82) is 0 Å². The standard InChI is InChI=1S/C25H28F3N3O4/c26-25(27,28)18-7-9-19(10-8-18)29-13-15-30(16-14-29)24(32)22-17-20(31(33)34)11-12-23(22)35-21-5-3-1-2-4-6-21/h7-12,17,21H,1-6,13-16H2. The highest BCUT2D eigenvalue weighted by atomic mass is 19.4. The molecule has 0 bridgehead atoms. The Balaban J connectivity index is 1.46. The smallest absolute Gasteiger partial charge is 0.416 e. The van der Waals surface area contributed by atoms with E-state index in [1.807, 2.05) is 4.90 Å². The van der Waals surface area contributed by atoms with E-state index >= 15 is 0 Å². The molecule has 0 radical (unpaired) electrons. The number of hydrogen-bond acceptors (Lipinski definition) is 5. The highest BCUT2D eigenvalue weighted by molar-refractivity contribution is 5.97. The molecular weight excluding hydrogens is 463 g/mol. The molecule has 1 saturated heterocycles. The van der Waals surface area contributed by atoms with E-state index in [1.165, 1.54) is 30.3 Å². The quantitative estimate of drug-likeness (QED) is 0.306. The van der Waals surface area contributed by atoms with E-state index in [-0.39, 0.29) is 23.3 Å². The molecule has 1 heterocycles. The van der Waals surface area contributed by atoms with Crippen LogP contribution in [0.4, 0.5) is 24.5 Å². The summed E-state index contributed by atoms with van der Waals surface area (Å²) in [6, 6.07) is 9.09. The van der Waals surface area contributed by atoms with Crippen LogP contribution < -0.4 is 9.64 Å². The first kappa shape index (κ1) is 24.8. The van der Waals surface area contributed by atoms with Gasteiger partial charge >= 0.3 is 6.18 Å². The first-order valence-corrected chi connectivity index (χ1v) is 11.9. The predicted molar refractivity (Wildman–Crippen MR) is 125 cm³/mol. The number of nitro benzene ring substituents is 1. The molecule has 2 aromatic carbocycles. The number of halogens is 3. The third-order valence-electron chi connectivity index (χ3n) is 6.63. The van der Waals surface area contributed by atoms with E-state index in [0.29, 0.717) is 37.6 Å². The van der Waals surface area contributed by atoms with Gasteiger partial charge < -0.3 is 14.5 Å². The number of alkyl halides is 3. The highest BCUT2D eigenvalue weighted by Gasteiger charge is 2.31. The third kappa shape index (κ3) is 6.04. The number of piperazine rings is 1. The van der Waals surface area contributed by atoms with Crippen molar-refractivity contribution in [2.24, 2.45) is 0 Å². The highest BCUT2D eigenvalue weighted by Crippen LogP contribution is 2.32. The molecule has 0 N–H and O–H groups in total. The van der Waals surface area contributed by atoms with Crippen LogP contribution in [0, 0.1) is 10.1 Å². The van der Waals surface area contributed by atoms with Gasteiger partial charge in [-0.05, 0) is 56.0 Å². The molecule has 10 heteroatoms. The number of benzene rings is 2. The number of carbonyl (C=O) groups excluding carboxylic acids is 1. The molecule has 2 fully saturated rings. The van der Waals surface area contributed by atoms with Crippen LogP contribution in [0.25, 0.3) is 0 Å². The van der Waals surface area contributed by atoms with Crippen LogP contribution in [-0.2, 0) is 6.18 Å².